The largest absolute Gasteiger partial charge is 0.462 e. The predicted octanol–water partition coefficient (Wildman–Crippen LogP) is 3.37. The van der Waals surface area contributed by atoms with E-state index >= 15 is 0 Å². The smallest absolute Gasteiger partial charge is 0.338 e. The fourth-order valence-corrected chi connectivity index (χ4v) is 2.97. The van der Waals surface area contributed by atoms with Crippen molar-refractivity contribution in [1.29, 1.82) is 0 Å². The molecule has 0 saturated carbocycles. The number of benzene rings is 1. The summed E-state index contributed by atoms with van der Waals surface area (Å²) in [4.78, 5) is 26.3. The second-order valence-electron chi connectivity index (χ2n) is 6.96. The Morgan fingerprint density at radius 2 is 2.07 bits per heavy atom. The maximum Gasteiger partial charge on any atom is 0.338 e. The molecule has 1 aromatic rings. The predicted molar refractivity (Wildman–Crippen MR) is 110 cm³/mol. The highest BCUT2D eigenvalue weighted by Gasteiger charge is 2.33. The molecular weight excluding hydrogens is 362 g/mol. The summed E-state index contributed by atoms with van der Waals surface area (Å²) in [6, 6.07) is 6.97. The Morgan fingerprint density at radius 1 is 1.37 bits per heavy atom. The lowest BCUT2D eigenvalue weighted by Gasteiger charge is -2.35. The third-order valence-corrected chi connectivity index (χ3v) is 4.74. The molecular formula is C20H27N3O3S. The summed E-state index contributed by atoms with van der Waals surface area (Å²) in [6.07, 6.45) is 0.395. The van der Waals surface area contributed by atoms with Gasteiger partial charge in [0.25, 0.3) is 0 Å². The second-order valence-corrected chi connectivity index (χ2v) is 7.35. The highest BCUT2D eigenvalue weighted by molar-refractivity contribution is 7.80. The number of anilines is 1. The molecule has 146 valence electrons. The number of hydrogen-bond donors (Lipinski definition) is 2. The Balaban J connectivity index is 2.40. The number of ether oxygens (including phenoxy) is 1. The summed E-state index contributed by atoms with van der Waals surface area (Å²) in [5.74, 6) is -0.186. The van der Waals surface area contributed by atoms with Gasteiger partial charge in [0.05, 0.1) is 18.2 Å². The van der Waals surface area contributed by atoms with Gasteiger partial charge in [-0.05, 0) is 42.8 Å². The molecule has 1 aromatic carbocycles. The van der Waals surface area contributed by atoms with Crippen LogP contribution >= 0.6 is 12.2 Å². The van der Waals surface area contributed by atoms with Gasteiger partial charge in [0, 0.05) is 24.9 Å². The van der Waals surface area contributed by atoms with Crippen molar-refractivity contribution >= 4 is 34.9 Å². The summed E-state index contributed by atoms with van der Waals surface area (Å²) >= 11 is 5.41. The van der Waals surface area contributed by atoms with Crippen LogP contribution in [0.3, 0.4) is 0 Å². The van der Waals surface area contributed by atoms with Crippen molar-refractivity contribution in [3.8, 4) is 0 Å². The molecule has 1 amide bonds. The molecule has 2 rings (SSSR count). The number of amides is 1. The molecule has 1 heterocycles. The Kier molecular flexibility index (Phi) is 6.96. The average molecular weight is 390 g/mol. The number of esters is 1. The first-order chi connectivity index (χ1) is 12.7. The van der Waals surface area contributed by atoms with E-state index in [1.807, 2.05) is 52.1 Å². The monoisotopic (exact) mass is 389 g/mol. The lowest BCUT2D eigenvalue weighted by molar-refractivity contribution is -0.140. The summed E-state index contributed by atoms with van der Waals surface area (Å²) < 4.78 is 5.48. The number of allylic oxidation sites excluding steroid dienone is 1. The van der Waals surface area contributed by atoms with Crippen LogP contribution in [0.1, 0.15) is 45.7 Å². The van der Waals surface area contributed by atoms with Crippen LogP contribution in [-0.4, -0.2) is 35.5 Å². The normalized spacial score (nSPS) is 17.0. The quantitative estimate of drug-likeness (QED) is 0.574. The van der Waals surface area contributed by atoms with Crippen molar-refractivity contribution in [1.82, 2.24) is 10.2 Å². The zero-order valence-corrected chi connectivity index (χ0v) is 17.3. The number of nitrogens with one attached hydrogen (secondary N) is 2. The minimum atomic E-state index is -0.438. The standard InChI is InChI=1S/C20H27N3O3S/c1-6-16(24)21-15-9-7-8-14(10-15)18-17(19(25)26-11-12(2)3)13(4)23(5)20(27)22-18/h7-10,12,18H,6,11H2,1-5H3,(H,21,24)(H,22,27)/t18-/m1/s1. The molecule has 0 unspecified atom stereocenters. The Labute approximate surface area is 166 Å². The van der Waals surface area contributed by atoms with E-state index in [0.717, 1.165) is 11.3 Å². The maximum atomic E-state index is 12.8. The van der Waals surface area contributed by atoms with E-state index in [1.165, 1.54) is 0 Å². The average Bonchev–Trinajstić information content (AvgIpc) is 2.64. The van der Waals surface area contributed by atoms with Crippen LogP contribution in [0.5, 0.6) is 0 Å². The molecule has 1 aliphatic rings. The zero-order chi connectivity index (χ0) is 20.1. The van der Waals surface area contributed by atoms with Crippen LogP contribution in [-0.2, 0) is 14.3 Å². The first kappa shape index (κ1) is 20.9. The van der Waals surface area contributed by atoms with Gasteiger partial charge in [0.2, 0.25) is 5.91 Å². The van der Waals surface area contributed by atoms with Crippen LogP contribution in [0.2, 0.25) is 0 Å². The Bertz CT molecular complexity index is 773. The van der Waals surface area contributed by atoms with Crippen LogP contribution in [0.25, 0.3) is 0 Å². The van der Waals surface area contributed by atoms with Crippen molar-refractivity contribution < 1.29 is 14.3 Å². The molecule has 1 aliphatic heterocycles. The molecule has 0 radical (unpaired) electrons. The molecule has 0 saturated heterocycles. The van der Waals surface area contributed by atoms with Gasteiger partial charge in [0.15, 0.2) is 5.11 Å². The van der Waals surface area contributed by atoms with Gasteiger partial charge >= 0.3 is 5.97 Å². The van der Waals surface area contributed by atoms with Crippen molar-refractivity contribution in [3.63, 3.8) is 0 Å². The van der Waals surface area contributed by atoms with E-state index < -0.39 is 6.04 Å². The van der Waals surface area contributed by atoms with E-state index in [9.17, 15) is 9.59 Å². The Hall–Kier alpha value is -2.41. The van der Waals surface area contributed by atoms with Crippen LogP contribution in [0.15, 0.2) is 35.5 Å². The van der Waals surface area contributed by atoms with Gasteiger partial charge in [-0.1, -0.05) is 32.9 Å². The molecule has 2 N–H and O–H groups in total. The van der Waals surface area contributed by atoms with Crippen molar-refractivity contribution in [2.75, 3.05) is 19.0 Å². The fourth-order valence-electron chi connectivity index (χ4n) is 2.72. The summed E-state index contributed by atoms with van der Waals surface area (Å²) in [5.41, 5.74) is 2.78. The van der Waals surface area contributed by atoms with Crippen molar-refractivity contribution in [2.45, 2.75) is 40.2 Å². The molecule has 6 nitrogen and oxygen atoms in total. The van der Waals surface area contributed by atoms with Crippen molar-refractivity contribution in [2.24, 2.45) is 5.92 Å². The molecule has 1 atom stereocenters. The molecule has 0 aliphatic carbocycles. The van der Waals surface area contributed by atoms with Crippen molar-refractivity contribution in [3.05, 3.63) is 41.1 Å². The number of nitrogens with zero attached hydrogens (tertiary/aromatic N) is 1. The number of carbonyl (C=O) groups is 2. The highest BCUT2D eigenvalue weighted by atomic mass is 32.1. The molecule has 0 aromatic heterocycles. The van der Waals surface area contributed by atoms with Gasteiger partial charge in [-0.2, -0.15) is 0 Å². The first-order valence-corrected chi connectivity index (χ1v) is 9.47. The highest BCUT2D eigenvalue weighted by Crippen LogP contribution is 2.32. The minimum Gasteiger partial charge on any atom is -0.462 e. The van der Waals surface area contributed by atoms with Gasteiger partial charge in [0.1, 0.15) is 0 Å². The number of thiocarbonyl (C=S) groups is 1. The molecule has 0 spiro atoms. The van der Waals surface area contributed by atoms with Gasteiger partial charge in [-0.25, -0.2) is 4.79 Å². The third kappa shape index (κ3) is 5.07. The van der Waals surface area contributed by atoms with Gasteiger partial charge in [-0.15, -0.1) is 0 Å². The first-order valence-electron chi connectivity index (χ1n) is 9.06. The van der Waals surface area contributed by atoms with E-state index in [0.29, 0.717) is 29.4 Å². The lowest BCUT2D eigenvalue weighted by Crippen LogP contribution is -2.46. The van der Waals surface area contributed by atoms with Crippen LogP contribution in [0, 0.1) is 5.92 Å². The number of rotatable bonds is 6. The molecule has 0 bridgehead atoms. The summed E-state index contributed by atoms with van der Waals surface area (Å²) in [5, 5.41) is 6.58. The second kappa shape index (κ2) is 8.99. The minimum absolute atomic E-state index is 0.0673. The zero-order valence-electron chi connectivity index (χ0n) is 16.5. The fraction of sp³-hybridized carbons (Fsp3) is 0.450. The van der Waals surface area contributed by atoms with E-state index in [4.69, 9.17) is 17.0 Å². The van der Waals surface area contributed by atoms with E-state index in [2.05, 4.69) is 10.6 Å². The van der Waals surface area contributed by atoms with Crippen LogP contribution < -0.4 is 10.6 Å². The summed E-state index contributed by atoms with van der Waals surface area (Å²) in [6.45, 7) is 7.99. The van der Waals surface area contributed by atoms with Crippen LogP contribution in [0.4, 0.5) is 5.69 Å². The maximum absolute atomic E-state index is 12.8. The van der Waals surface area contributed by atoms with E-state index in [-0.39, 0.29) is 17.8 Å². The lowest BCUT2D eigenvalue weighted by atomic mass is 9.94. The Morgan fingerprint density at radius 3 is 2.70 bits per heavy atom. The summed E-state index contributed by atoms with van der Waals surface area (Å²) in [7, 11) is 1.81. The SMILES string of the molecule is CCC(=O)Nc1cccc([C@H]2NC(=S)N(C)C(C)=C2C(=O)OCC(C)C)c1. The topological polar surface area (TPSA) is 70.7 Å². The van der Waals surface area contributed by atoms with Gasteiger partial charge < -0.3 is 20.3 Å². The molecule has 7 heteroatoms. The van der Waals surface area contributed by atoms with E-state index in [1.54, 1.807) is 11.8 Å². The number of hydrogen-bond acceptors (Lipinski definition) is 4. The van der Waals surface area contributed by atoms with Gasteiger partial charge in [-0.3, -0.25) is 4.79 Å². The molecule has 0 fully saturated rings. The number of carbonyl (C=O) groups excluding carboxylic acids is 2. The molecule has 27 heavy (non-hydrogen) atoms. The third-order valence-electron chi connectivity index (χ3n) is 4.35.